The van der Waals surface area contributed by atoms with Gasteiger partial charge in [0, 0.05) is 31.7 Å². The third-order valence-corrected chi connectivity index (χ3v) is 7.29. The second-order valence-corrected chi connectivity index (χ2v) is 9.91. The maximum Gasteiger partial charge on any atom is 0.277 e. The van der Waals surface area contributed by atoms with Gasteiger partial charge in [0.25, 0.3) is 5.91 Å². The van der Waals surface area contributed by atoms with Crippen LogP contribution >= 0.6 is 11.3 Å². The smallest absolute Gasteiger partial charge is 0.277 e. The van der Waals surface area contributed by atoms with E-state index in [0.29, 0.717) is 22.2 Å². The average Bonchev–Trinajstić information content (AvgIpc) is 3.52. The summed E-state index contributed by atoms with van der Waals surface area (Å²) in [6, 6.07) is 5.42. The largest absolute Gasteiger partial charge is 0.389 e. The van der Waals surface area contributed by atoms with Gasteiger partial charge in [-0.3, -0.25) is 9.48 Å². The zero-order valence-corrected chi connectivity index (χ0v) is 19.4. The van der Waals surface area contributed by atoms with Crippen molar-refractivity contribution in [1.82, 2.24) is 14.8 Å². The molecule has 10 heteroatoms. The van der Waals surface area contributed by atoms with Crippen molar-refractivity contribution in [2.75, 3.05) is 29.0 Å². The van der Waals surface area contributed by atoms with Gasteiger partial charge in [0.2, 0.25) is 0 Å². The fourth-order valence-corrected chi connectivity index (χ4v) is 5.25. The summed E-state index contributed by atoms with van der Waals surface area (Å²) in [7, 11) is 1.85. The Morgan fingerprint density at radius 2 is 2.06 bits per heavy atom. The highest BCUT2D eigenvalue weighted by molar-refractivity contribution is 7.19. The number of carbonyl (C=O) groups excluding carboxylic acids is 1. The molecule has 1 aliphatic heterocycles. The van der Waals surface area contributed by atoms with Crippen LogP contribution in [0.1, 0.15) is 54.1 Å². The minimum atomic E-state index is -0.439. The molecule has 5 rings (SSSR count). The van der Waals surface area contributed by atoms with E-state index >= 15 is 0 Å². The second-order valence-electron chi connectivity index (χ2n) is 8.88. The fourth-order valence-electron chi connectivity index (χ4n) is 4.39. The molecule has 1 amide bonds. The first-order valence-electron chi connectivity index (χ1n) is 11.3. The maximum atomic E-state index is 14.7. The minimum absolute atomic E-state index is 0.0911. The van der Waals surface area contributed by atoms with E-state index in [2.05, 4.69) is 20.3 Å². The zero-order chi connectivity index (χ0) is 23.1. The Labute approximate surface area is 195 Å². The molecule has 0 radical (unpaired) electrons. The van der Waals surface area contributed by atoms with Crippen LogP contribution in [-0.4, -0.2) is 39.8 Å². The minimum Gasteiger partial charge on any atom is -0.389 e. The first kappa shape index (κ1) is 21.8. The summed E-state index contributed by atoms with van der Waals surface area (Å²) < 4.78 is 16.5. The molecule has 1 aromatic carbocycles. The predicted molar refractivity (Wildman–Crippen MR) is 129 cm³/mol. The van der Waals surface area contributed by atoms with Crippen LogP contribution in [0.15, 0.2) is 24.4 Å². The van der Waals surface area contributed by atoms with Crippen molar-refractivity contribution in [2.24, 2.45) is 12.8 Å². The van der Waals surface area contributed by atoms with Crippen molar-refractivity contribution >= 4 is 33.8 Å². The molecule has 1 saturated carbocycles. The van der Waals surface area contributed by atoms with Crippen LogP contribution in [0.25, 0.3) is 10.6 Å². The van der Waals surface area contributed by atoms with Crippen LogP contribution in [0.4, 0.5) is 20.9 Å². The van der Waals surface area contributed by atoms with Crippen LogP contribution < -0.4 is 21.7 Å². The van der Waals surface area contributed by atoms with Crippen molar-refractivity contribution in [3.8, 4) is 10.6 Å². The van der Waals surface area contributed by atoms with Gasteiger partial charge < -0.3 is 21.7 Å². The number of nitrogens with zero attached hydrogens (tertiary/aromatic N) is 4. The topological polar surface area (TPSA) is 115 Å². The molecular formula is C23H28FN7OS. The van der Waals surface area contributed by atoms with E-state index in [1.54, 1.807) is 23.0 Å². The Kier molecular flexibility index (Phi) is 5.79. The van der Waals surface area contributed by atoms with E-state index in [-0.39, 0.29) is 22.6 Å². The van der Waals surface area contributed by atoms with Gasteiger partial charge in [-0.15, -0.1) is 0 Å². The van der Waals surface area contributed by atoms with Gasteiger partial charge in [0.1, 0.15) is 21.5 Å². The standard InChI is InChI=1S/C23H28FN7OS/c1-30-23(31-9-2-3-15(25)8-10-31)18(12-27-30)28-21(32)19-20(26)33-22(29-19)16-7-6-14(11-17(16)24)13-4-5-13/h6-7,11-13,15H,2-5,8-10,25-26H2,1H3,(H,28,32)/t15-/m1/s1. The molecule has 1 atom stereocenters. The molecule has 3 heterocycles. The lowest BCUT2D eigenvalue weighted by molar-refractivity contribution is 0.102. The third kappa shape index (κ3) is 4.45. The quantitative estimate of drug-likeness (QED) is 0.525. The highest BCUT2D eigenvalue weighted by Crippen LogP contribution is 2.42. The van der Waals surface area contributed by atoms with Crippen LogP contribution in [-0.2, 0) is 7.05 Å². The van der Waals surface area contributed by atoms with Crippen molar-refractivity contribution in [3.63, 3.8) is 0 Å². The van der Waals surface area contributed by atoms with Crippen LogP contribution in [0, 0.1) is 5.82 Å². The highest BCUT2D eigenvalue weighted by Gasteiger charge is 2.26. The number of hydrogen-bond donors (Lipinski definition) is 3. The number of nitrogens with two attached hydrogens (primary N) is 2. The first-order chi connectivity index (χ1) is 15.9. The molecule has 33 heavy (non-hydrogen) atoms. The summed E-state index contributed by atoms with van der Waals surface area (Å²) in [6.45, 7) is 1.64. The van der Waals surface area contributed by atoms with Gasteiger partial charge in [-0.2, -0.15) is 5.10 Å². The molecule has 1 aliphatic carbocycles. The van der Waals surface area contributed by atoms with E-state index < -0.39 is 5.91 Å². The number of aromatic nitrogens is 3. The van der Waals surface area contributed by atoms with Crippen LogP contribution in [0.3, 0.4) is 0 Å². The highest BCUT2D eigenvalue weighted by atomic mass is 32.1. The SMILES string of the molecule is Cn1ncc(NC(=O)c2nc(-c3ccc(C4CC4)cc3F)sc2N)c1N1CCC[C@@H](N)CC1. The van der Waals surface area contributed by atoms with Gasteiger partial charge in [-0.25, -0.2) is 9.37 Å². The number of halogens is 1. The van der Waals surface area contributed by atoms with Gasteiger partial charge in [0.15, 0.2) is 11.5 Å². The lowest BCUT2D eigenvalue weighted by Gasteiger charge is -2.24. The zero-order valence-electron chi connectivity index (χ0n) is 18.6. The number of hydrogen-bond acceptors (Lipinski definition) is 7. The van der Waals surface area contributed by atoms with Gasteiger partial charge in [-0.1, -0.05) is 17.4 Å². The second kappa shape index (κ2) is 8.75. The van der Waals surface area contributed by atoms with Crippen molar-refractivity contribution in [3.05, 3.63) is 41.5 Å². The molecule has 2 aromatic heterocycles. The lowest BCUT2D eigenvalue weighted by Crippen LogP contribution is -2.29. The van der Waals surface area contributed by atoms with Crippen LogP contribution in [0.5, 0.6) is 0 Å². The Morgan fingerprint density at radius 1 is 1.24 bits per heavy atom. The Hall–Kier alpha value is -2.98. The molecule has 174 valence electrons. The van der Waals surface area contributed by atoms with Crippen molar-refractivity contribution < 1.29 is 9.18 Å². The van der Waals surface area contributed by atoms with E-state index in [1.165, 1.54) is 0 Å². The molecular weight excluding hydrogens is 441 g/mol. The molecule has 2 fully saturated rings. The number of amides is 1. The predicted octanol–water partition coefficient (Wildman–Crippen LogP) is 3.71. The summed E-state index contributed by atoms with van der Waals surface area (Å²) in [5.41, 5.74) is 14.3. The normalized spacial score (nSPS) is 18.9. The molecule has 1 saturated heterocycles. The number of rotatable bonds is 5. The molecule has 0 unspecified atom stereocenters. The van der Waals surface area contributed by atoms with E-state index in [1.807, 2.05) is 13.1 Å². The van der Waals surface area contributed by atoms with Gasteiger partial charge in [0.05, 0.1) is 6.20 Å². The molecule has 8 nitrogen and oxygen atoms in total. The maximum absolute atomic E-state index is 14.7. The van der Waals surface area contributed by atoms with Crippen LogP contribution in [0.2, 0.25) is 0 Å². The summed E-state index contributed by atoms with van der Waals surface area (Å²) >= 11 is 1.11. The summed E-state index contributed by atoms with van der Waals surface area (Å²) in [6.07, 6.45) is 6.67. The average molecular weight is 470 g/mol. The number of anilines is 3. The fraction of sp³-hybridized carbons (Fsp3) is 0.435. The summed E-state index contributed by atoms with van der Waals surface area (Å²) in [4.78, 5) is 19.6. The lowest BCUT2D eigenvalue weighted by atomic mass is 10.1. The number of aryl methyl sites for hydroxylation is 1. The summed E-state index contributed by atoms with van der Waals surface area (Å²) in [5, 5.41) is 7.88. The molecule has 2 aliphatic rings. The molecule has 0 bridgehead atoms. The van der Waals surface area contributed by atoms with E-state index in [4.69, 9.17) is 11.5 Å². The number of carbonyl (C=O) groups is 1. The third-order valence-electron chi connectivity index (χ3n) is 6.37. The van der Waals surface area contributed by atoms with E-state index in [0.717, 1.165) is 67.9 Å². The number of thiazole rings is 1. The van der Waals surface area contributed by atoms with Gasteiger partial charge in [-0.05, 0) is 55.7 Å². The number of nitrogen functional groups attached to an aromatic ring is 1. The number of benzene rings is 1. The molecule has 5 N–H and O–H groups in total. The number of nitrogens with one attached hydrogen (secondary N) is 1. The Balaban J connectivity index is 1.37. The molecule has 3 aromatic rings. The van der Waals surface area contributed by atoms with E-state index in [9.17, 15) is 9.18 Å². The first-order valence-corrected chi connectivity index (χ1v) is 12.1. The summed E-state index contributed by atoms with van der Waals surface area (Å²) in [5.74, 6) is 0.512. The monoisotopic (exact) mass is 469 g/mol. The molecule has 0 spiro atoms. The van der Waals surface area contributed by atoms with Crippen molar-refractivity contribution in [2.45, 2.75) is 44.1 Å². The Bertz CT molecular complexity index is 1190. The van der Waals surface area contributed by atoms with Gasteiger partial charge >= 0.3 is 0 Å². The van der Waals surface area contributed by atoms with Crippen molar-refractivity contribution in [1.29, 1.82) is 0 Å². The Morgan fingerprint density at radius 3 is 2.82 bits per heavy atom.